The highest BCUT2D eigenvalue weighted by atomic mass is 16.5. The van der Waals surface area contributed by atoms with Crippen LogP contribution in [0.25, 0.3) is 0 Å². The molecule has 148 valence electrons. The number of nitriles is 1. The Morgan fingerprint density at radius 1 is 1.25 bits per heavy atom. The summed E-state index contributed by atoms with van der Waals surface area (Å²) < 4.78 is 10.5. The molecule has 0 aromatic heterocycles. The van der Waals surface area contributed by atoms with Crippen LogP contribution in [0.3, 0.4) is 0 Å². The Bertz CT molecular complexity index is 875. The fraction of sp³-hybridized carbons (Fsp3) is 0.455. The van der Waals surface area contributed by atoms with Gasteiger partial charge in [0, 0.05) is 31.3 Å². The van der Waals surface area contributed by atoms with E-state index in [9.17, 15) is 10.1 Å². The maximum Gasteiger partial charge on any atom is 0.162 e. The van der Waals surface area contributed by atoms with E-state index in [0.717, 1.165) is 23.4 Å². The summed E-state index contributed by atoms with van der Waals surface area (Å²) in [6.07, 6.45) is 1.18. The molecule has 1 aromatic rings. The summed E-state index contributed by atoms with van der Waals surface area (Å²) in [5.41, 5.74) is 9.18. The van der Waals surface area contributed by atoms with E-state index in [1.165, 1.54) is 0 Å². The molecule has 1 aliphatic heterocycles. The predicted octanol–water partition coefficient (Wildman–Crippen LogP) is 3.08. The Morgan fingerprint density at radius 3 is 2.50 bits per heavy atom. The van der Waals surface area contributed by atoms with Gasteiger partial charge >= 0.3 is 0 Å². The van der Waals surface area contributed by atoms with Crippen molar-refractivity contribution in [3.63, 3.8) is 0 Å². The number of carbonyl (C=O) groups is 1. The number of ether oxygens (including phenoxy) is 2. The number of nitrogens with two attached hydrogens (primary N) is 1. The van der Waals surface area contributed by atoms with Gasteiger partial charge in [0.1, 0.15) is 11.6 Å². The number of allylic oxidation sites excluding steroid dienone is 3. The molecule has 0 unspecified atom stereocenters. The summed E-state index contributed by atoms with van der Waals surface area (Å²) in [6, 6.07) is 9.75. The Balaban J connectivity index is 2.18. The first-order valence-corrected chi connectivity index (χ1v) is 9.39. The van der Waals surface area contributed by atoms with Crippen molar-refractivity contribution < 1.29 is 14.3 Å². The Hall–Kier alpha value is -2.78. The van der Waals surface area contributed by atoms with E-state index in [4.69, 9.17) is 15.2 Å². The van der Waals surface area contributed by atoms with Gasteiger partial charge in [0.2, 0.25) is 0 Å². The number of methoxy groups -OCH3 is 2. The molecule has 0 saturated carbocycles. The highest BCUT2D eigenvalue weighted by molar-refractivity contribution is 6.00. The molecule has 0 fully saturated rings. The predicted molar refractivity (Wildman–Crippen MR) is 106 cm³/mol. The fourth-order valence-electron chi connectivity index (χ4n) is 4.14. The van der Waals surface area contributed by atoms with Crippen LogP contribution in [0.2, 0.25) is 0 Å². The van der Waals surface area contributed by atoms with Crippen molar-refractivity contribution in [1.29, 1.82) is 5.26 Å². The van der Waals surface area contributed by atoms with Crippen LogP contribution in [0.4, 0.5) is 0 Å². The van der Waals surface area contributed by atoms with Crippen molar-refractivity contribution in [2.75, 3.05) is 27.4 Å². The second-order valence-electron chi connectivity index (χ2n) is 8.06. The van der Waals surface area contributed by atoms with Gasteiger partial charge in [0.25, 0.3) is 0 Å². The van der Waals surface area contributed by atoms with Crippen LogP contribution in [0.15, 0.2) is 46.9 Å². The molecule has 28 heavy (non-hydrogen) atoms. The second-order valence-corrected chi connectivity index (χ2v) is 8.06. The lowest BCUT2D eigenvalue weighted by molar-refractivity contribution is -0.118. The molecule has 1 atom stereocenters. The molecular formula is C22H27N3O3. The highest BCUT2D eigenvalue weighted by Crippen LogP contribution is 2.48. The van der Waals surface area contributed by atoms with Gasteiger partial charge in [-0.25, -0.2) is 0 Å². The number of benzene rings is 1. The first-order chi connectivity index (χ1) is 13.3. The average molecular weight is 381 g/mol. The normalized spacial score (nSPS) is 21.5. The number of rotatable bonds is 5. The third-order valence-corrected chi connectivity index (χ3v) is 5.45. The van der Waals surface area contributed by atoms with Crippen LogP contribution in [0.5, 0.6) is 5.75 Å². The second kappa shape index (κ2) is 7.69. The van der Waals surface area contributed by atoms with Gasteiger partial charge in [0.15, 0.2) is 5.78 Å². The molecule has 0 radical (unpaired) electrons. The van der Waals surface area contributed by atoms with Gasteiger partial charge in [-0.2, -0.15) is 5.26 Å². The van der Waals surface area contributed by atoms with Crippen molar-refractivity contribution in [3.05, 3.63) is 52.5 Å². The van der Waals surface area contributed by atoms with E-state index < -0.39 is 5.92 Å². The molecule has 3 rings (SSSR count). The van der Waals surface area contributed by atoms with E-state index in [-0.39, 0.29) is 11.2 Å². The Morgan fingerprint density at radius 2 is 1.93 bits per heavy atom. The van der Waals surface area contributed by atoms with Gasteiger partial charge in [-0.1, -0.05) is 26.0 Å². The molecule has 6 heteroatoms. The molecule has 0 spiro atoms. The quantitative estimate of drug-likeness (QED) is 0.843. The monoisotopic (exact) mass is 381 g/mol. The van der Waals surface area contributed by atoms with Crippen LogP contribution in [-0.2, 0) is 9.53 Å². The van der Waals surface area contributed by atoms with E-state index in [1.807, 2.05) is 29.2 Å². The minimum absolute atomic E-state index is 0.0785. The third kappa shape index (κ3) is 3.50. The maximum atomic E-state index is 13.2. The van der Waals surface area contributed by atoms with Crippen molar-refractivity contribution in [2.45, 2.75) is 32.6 Å². The van der Waals surface area contributed by atoms with Gasteiger partial charge in [-0.05, 0) is 29.5 Å². The van der Waals surface area contributed by atoms with Gasteiger partial charge in [-0.3, -0.25) is 4.79 Å². The zero-order chi connectivity index (χ0) is 20.5. The van der Waals surface area contributed by atoms with Crippen LogP contribution in [0, 0.1) is 16.7 Å². The molecule has 6 nitrogen and oxygen atoms in total. The minimum atomic E-state index is -0.451. The molecule has 0 saturated heterocycles. The minimum Gasteiger partial charge on any atom is -0.497 e. The first kappa shape index (κ1) is 20.0. The SMILES string of the molecule is COCCN1C(N)=C(C#N)[C@@H](c2ccc(OC)cc2)C2=C1CC(C)(C)CC2=O. The number of nitrogens with zero attached hydrogens (tertiary/aromatic N) is 2. The zero-order valence-electron chi connectivity index (χ0n) is 16.9. The van der Waals surface area contributed by atoms with Crippen molar-refractivity contribution >= 4 is 5.78 Å². The summed E-state index contributed by atoms with van der Waals surface area (Å²) in [7, 11) is 3.23. The Labute approximate surface area is 166 Å². The largest absolute Gasteiger partial charge is 0.497 e. The zero-order valence-corrected chi connectivity index (χ0v) is 16.9. The number of Topliss-reactive ketones (excluding diaryl/α,β-unsaturated/α-hetero) is 1. The van der Waals surface area contributed by atoms with Crippen molar-refractivity contribution in [1.82, 2.24) is 4.90 Å². The summed E-state index contributed by atoms with van der Waals surface area (Å²) in [4.78, 5) is 15.1. The van der Waals surface area contributed by atoms with E-state index in [0.29, 0.717) is 36.5 Å². The lowest BCUT2D eigenvalue weighted by Gasteiger charge is -2.43. The molecule has 0 bridgehead atoms. The molecule has 1 aliphatic carbocycles. The average Bonchev–Trinajstić information content (AvgIpc) is 2.66. The number of hydrogen-bond donors (Lipinski definition) is 1. The maximum absolute atomic E-state index is 13.2. The molecule has 1 aromatic carbocycles. The highest BCUT2D eigenvalue weighted by Gasteiger charge is 2.44. The summed E-state index contributed by atoms with van der Waals surface area (Å²) in [5, 5.41) is 9.91. The van der Waals surface area contributed by atoms with Crippen molar-refractivity contribution in [3.8, 4) is 11.8 Å². The van der Waals surface area contributed by atoms with E-state index in [2.05, 4.69) is 19.9 Å². The van der Waals surface area contributed by atoms with Crippen LogP contribution in [0.1, 0.15) is 38.2 Å². The molecule has 0 amide bonds. The summed E-state index contributed by atoms with van der Waals surface area (Å²) in [6.45, 7) is 5.14. The molecule has 1 heterocycles. The Kier molecular flexibility index (Phi) is 5.48. The third-order valence-electron chi connectivity index (χ3n) is 5.45. The fourth-order valence-corrected chi connectivity index (χ4v) is 4.14. The van der Waals surface area contributed by atoms with E-state index >= 15 is 0 Å². The van der Waals surface area contributed by atoms with Crippen LogP contribution < -0.4 is 10.5 Å². The number of ketones is 1. The number of hydrogen-bond acceptors (Lipinski definition) is 6. The van der Waals surface area contributed by atoms with Gasteiger partial charge in [0.05, 0.1) is 31.3 Å². The van der Waals surface area contributed by atoms with Crippen LogP contribution >= 0.6 is 0 Å². The first-order valence-electron chi connectivity index (χ1n) is 9.39. The topological polar surface area (TPSA) is 88.6 Å². The van der Waals surface area contributed by atoms with E-state index in [1.54, 1.807) is 14.2 Å². The van der Waals surface area contributed by atoms with Gasteiger partial charge < -0.3 is 20.1 Å². The van der Waals surface area contributed by atoms with Crippen LogP contribution in [-0.4, -0.2) is 38.1 Å². The summed E-state index contributed by atoms with van der Waals surface area (Å²) >= 11 is 0. The van der Waals surface area contributed by atoms with Crippen molar-refractivity contribution in [2.24, 2.45) is 11.1 Å². The molecule has 2 N–H and O–H groups in total. The van der Waals surface area contributed by atoms with Gasteiger partial charge in [-0.15, -0.1) is 0 Å². The standard InChI is InChI=1S/C22H27N3O3/c1-22(2)11-17-20(18(26)12-22)19(14-5-7-15(28-4)8-6-14)16(13-23)21(24)25(17)9-10-27-3/h5-8,19H,9-12,24H2,1-4H3/t19-/m1/s1. The number of carbonyl (C=O) groups excluding carboxylic acids is 1. The molecular weight excluding hydrogens is 354 g/mol. The lowest BCUT2D eigenvalue weighted by atomic mass is 9.68. The smallest absolute Gasteiger partial charge is 0.162 e. The summed E-state index contributed by atoms with van der Waals surface area (Å²) in [5.74, 6) is 0.759. The lowest BCUT2D eigenvalue weighted by Crippen LogP contribution is -2.43. The molecule has 2 aliphatic rings.